The predicted molar refractivity (Wildman–Crippen MR) is 122 cm³/mol. The van der Waals surface area contributed by atoms with Gasteiger partial charge in [0.2, 0.25) is 0 Å². The molecule has 0 N–H and O–H groups in total. The zero-order chi connectivity index (χ0) is 20.9. The van der Waals surface area contributed by atoms with Crippen molar-refractivity contribution in [1.82, 2.24) is 0 Å². The summed E-state index contributed by atoms with van der Waals surface area (Å²) < 4.78 is 24.0. The second-order valence-electron chi connectivity index (χ2n) is 8.11. The second kappa shape index (κ2) is 14.3. The molecule has 1 rings (SSSR count). The minimum atomic E-state index is -0.892. The van der Waals surface area contributed by atoms with Gasteiger partial charge < -0.3 is 9.47 Å². The van der Waals surface area contributed by atoms with Crippen molar-refractivity contribution in [3.63, 3.8) is 0 Å². The van der Waals surface area contributed by atoms with Gasteiger partial charge in [-0.1, -0.05) is 53.4 Å². The molecule has 0 heterocycles. The molecule has 1 aromatic rings. The van der Waals surface area contributed by atoms with Gasteiger partial charge in [0.25, 0.3) is 0 Å². The van der Waals surface area contributed by atoms with E-state index in [4.69, 9.17) is 21.1 Å². The number of benzene rings is 1. The molecular formula is C23H39ClO3S. The highest BCUT2D eigenvalue weighted by molar-refractivity contribution is 7.84. The topological polar surface area (TPSA) is 35.5 Å². The van der Waals surface area contributed by atoms with Gasteiger partial charge in [0, 0.05) is 27.7 Å². The molecule has 1 aromatic carbocycles. The van der Waals surface area contributed by atoms with Crippen LogP contribution in [0.15, 0.2) is 12.1 Å². The lowest BCUT2D eigenvalue weighted by atomic mass is 9.98. The van der Waals surface area contributed by atoms with Crippen LogP contribution in [0, 0.1) is 11.8 Å². The maximum atomic E-state index is 12.4. The molecule has 0 aromatic heterocycles. The Labute approximate surface area is 180 Å². The number of rotatable bonds is 15. The van der Waals surface area contributed by atoms with E-state index in [0.717, 1.165) is 53.6 Å². The standard InChI is InChI=1S/C23H39ClO3S/c1-6-7-13-28(25)17-21-15-22(26-5)20(16-24)14-23(21)27-12-11-19(4)10-8-9-18(2)3/h14-15,18-19H,6-13,16-17H2,1-5H3/i16+1,17+1. The predicted octanol–water partition coefficient (Wildman–Crippen LogP) is 6.71. The average molecular weight is 433 g/mol. The SMILES string of the molecule is CCCCS(=O)[13CH2]c1cc(OC)c([13CH2]Cl)cc1OCCC(C)CCCC(C)C. The van der Waals surface area contributed by atoms with Crippen LogP contribution in [0.2, 0.25) is 0 Å². The Morgan fingerprint density at radius 1 is 1.04 bits per heavy atom. The third kappa shape index (κ3) is 9.65. The maximum absolute atomic E-state index is 12.4. The van der Waals surface area contributed by atoms with Crippen molar-refractivity contribution >= 4 is 22.4 Å². The van der Waals surface area contributed by atoms with Gasteiger partial charge in [-0.05, 0) is 36.8 Å². The monoisotopic (exact) mass is 432 g/mol. The van der Waals surface area contributed by atoms with E-state index in [1.165, 1.54) is 19.3 Å². The summed E-state index contributed by atoms with van der Waals surface area (Å²) >= 11 is 6.08. The molecule has 0 aliphatic carbocycles. The fourth-order valence-electron chi connectivity index (χ4n) is 3.13. The van der Waals surface area contributed by atoms with Crippen LogP contribution in [-0.2, 0) is 22.4 Å². The van der Waals surface area contributed by atoms with Gasteiger partial charge in [0.15, 0.2) is 0 Å². The van der Waals surface area contributed by atoms with Crippen LogP contribution >= 0.6 is 11.6 Å². The molecule has 2 atom stereocenters. The third-order valence-electron chi connectivity index (χ3n) is 5.00. The van der Waals surface area contributed by atoms with Crippen LogP contribution in [-0.4, -0.2) is 23.7 Å². The van der Waals surface area contributed by atoms with Gasteiger partial charge in [-0.15, -0.1) is 11.6 Å². The first-order valence-electron chi connectivity index (χ1n) is 10.6. The molecule has 0 fully saturated rings. The minimum absolute atomic E-state index is 0.365. The molecule has 5 heteroatoms. The van der Waals surface area contributed by atoms with Gasteiger partial charge >= 0.3 is 0 Å². The van der Waals surface area contributed by atoms with Crippen molar-refractivity contribution < 1.29 is 13.7 Å². The summed E-state index contributed by atoms with van der Waals surface area (Å²) in [7, 11) is 0.750. The van der Waals surface area contributed by atoms with Crippen LogP contribution < -0.4 is 9.47 Å². The van der Waals surface area contributed by atoms with E-state index < -0.39 is 10.8 Å². The Kier molecular flexibility index (Phi) is 12.9. The molecule has 0 saturated carbocycles. The lowest BCUT2D eigenvalue weighted by Crippen LogP contribution is -2.08. The molecule has 0 radical (unpaired) electrons. The first kappa shape index (κ1) is 25.3. The van der Waals surface area contributed by atoms with Crippen molar-refractivity contribution in [3.8, 4) is 11.5 Å². The van der Waals surface area contributed by atoms with E-state index in [1.807, 2.05) is 12.1 Å². The normalized spacial score (nSPS) is 13.5. The largest absolute Gasteiger partial charge is 0.496 e. The summed E-state index contributed by atoms with van der Waals surface area (Å²) in [5.41, 5.74) is 1.86. The third-order valence-corrected chi connectivity index (χ3v) is 6.66. The van der Waals surface area contributed by atoms with E-state index in [2.05, 4.69) is 27.7 Å². The molecule has 0 saturated heterocycles. The molecule has 0 bridgehead atoms. The van der Waals surface area contributed by atoms with Crippen molar-refractivity contribution in [1.29, 1.82) is 0 Å². The van der Waals surface area contributed by atoms with E-state index in [9.17, 15) is 4.21 Å². The number of alkyl halides is 1. The van der Waals surface area contributed by atoms with E-state index >= 15 is 0 Å². The Bertz CT molecular complexity index is 589. The maximum Gasteiger partial charge on any atom is 0.124 e. The Morgan fingerprint density at radius 2 is 1.75 bits per heavy atom. The van der Waals surface area contributed by atoms with Crippen LogP contribution in [0.1, 0.15) is 77.3 Å². The number of ether oxygens (including phenoxy) is 2. The molecule has 0 amide bonds. The van der Waals surface area contributed by atoms with Crippen molar-refractivity contribution in [3.05, 3.63) is 23.3 Å². The fraction of sp³-hybridized carbons (Fsp3) is 0.739. The van der Waals surface area contributed by atoms with Gasteiger partial charge in [-0.2, -0.15) is 0 Å². The zero-order valence-electron chi connectivity index (χ0n) is 18.4. The number of unbranched alkanes of at least 4 members (excludes halogenated alkanes) is 1. The zero-order valence-corrected chi connectivity index (χ0v) is 20.0. The molecule has 3 nitrogen and oxygen atoms in total. The number of methoxy groups -OCH3 is 1. The first-order chi connectivity index (χ1) is 13.4. The van der Waals surface area contributed by atoms with Gasteiger partial charge in [0.05, 0.1) is 25.3 Å². The second-order valence-corrected chi connectivity index (χ2v) is 9.96. The van der Waals surface area contributed by atoms with Crippen molar-refractivity contribution in [2.45, 2.75) is 77.9 Å². The lowest BCUT2D eigenvalue weighted by molar-refractivity contribution is 0.273. The minimum Gasteiger partial charge on any atom is -0.496 e. The van der Waals surface area contributed by atoms with Gasteiger partial charge in [-0.3, -0.25) is 4.21 Å². The Hall–Kier alpha value is -0.740. The van der Waals surface area contributed by atoms with Crippen LogP contribution in [0.5, 0.6) is 11.5 Å². The van der Waals surface area contributed by atoms with Crippen LogP contribution in [0.4, 0.5) is 0 Å². The molecule has 2 unspecified atom stereocenters. The van der Waals surface area contributed by atoms with Gasteiger partial charge in [0.1, 0.15) is 11.5 Å². The van der Waals surface area contributed by atoms with Gasteiger partial charge in [-0.25, -0.2) is 0 Å². The molecule has 28 heavy (non-hydrogen) atoms. The van der Waals surface area contributed by atoms with E-state index in [0.29, 0.717) is 24.2 Å². The highest BCUT2D eigenvalue weighted by Crippen LogP contribution is 2.31. The summed E-state index contributed by atoms with van der Waals surface area (Å²) in [5.74, 6) is 4.55. The first-order valence-corrected chi connectivity index (χ1v) is 12.7. The fourth-order valence-corrected chi connectivity index (χ4v) is 4.66. The van der Waals surface area contributed by atoms with Crippen molar-refractivity contribution in [2.24, 2.45) is 11.8 Å². The Morgan fingerprint density at radius 3 is 2.36 bits per heavy atom. The van der Waals surface area contributed by atoms with Crippen LogP contribution in [0.25, 0.3) is 0 Å². The highest BCUT2D eigenvalue weighted by atomic mass is 35.5. The quantitative estimate of drug-likeness (QED) is 0.228. The van der Waals surface area contributed by atoms with Crippen molar-refractivity contribution in [2.75, 3.05) is 19.5 Å². The van der Waals surface area contributed by atoms with E-state index in [-0.39, 0.29) is 0 Å². The number of hydrogen-bond acceptors (Lipinski definition) is 3. The Balaban J connectivity index is 2.74. The number of hydrogen-bond donors (Lipinski definition) is 0. The summed E-state index contributed by atoms with van der Waals surface area (Å²) in [5, 5.41) is 0. The molecule has 0 aliphatic rings. The molecule has 0 aliphatic heterocycles. The molecular weight excluding hydrogens is 394 g/mol. The van der Waals surface area contributed by atoms with E-state index in [1.54, 1.807) is 7.11 Å². The molecule has 162 valence electrons. The summed E-state index contributed by atoms with van der Waals surface area (Å²) in [4.78, 5) is 0. The summed E-state index contributed by atoms with van der Waals surface area (Å²) in [6.45, 7) is 9.64. The average Bonchev–Trinajstić information content (AvgIpc) is 2.66. The number of halogens is 1. The lowest BCUT2D eigenvalue weighted by Gasteiger charge is -2.17. The molecule has 0 spiro atoms. The smallest absolute Gasteiger partial charge is 0.124 e. The summed E-state index contributed by atoms with van der Waals surface area (Å²) in [6, 6.07) is 3.91. The highest BCUT2D eigenvalue weighted by Gasteiger charge is 2.14. The van der Waals surface area contributed by atoms with Crippen LogP contribution in [0.3, 0.4) is 0 Å². The summed E-state index contributed by atoms with van der Waals surface area (Å²) in [6.07, 6.45) is 6.87.